The third kappa shape index (κ3) is 2.94. The first-order valence-electron chi connectivity index (χ1n) is 6.35. The number of carboxylic acids is 1. The van der Waals surface area contributed by atoms with E-state index < -0.39 is 5.97 Å². The molecule has 0 aromatic heterocycles. The molecule has 0 bridgehead atoms. The summed E-state index contributed by atoms with van der Waals surface area (Å²) in [5.74, 6) is 0.368. The van der Waals surface area contributed by atoms with Crippen molar-refractivity contribution in [2.75, 3.05) is 21.3 Å². The van der Waals surface area contributed by atoms with Crippen LogP contribution in [0, 0.1) is 0 Å². The second-order valence-corrected chi connectivity index (χ2v) is 4.82. The van der Waals surface area contributed by atoms with Gasteiger partial charge in [-0.05, 0) is 35.9 Å². The smallest absolute Gasteiger partial charge is 0.335 e. The van der Waals surface area contributed by atoms with Crippen LogP contribution in [0.15, 0.2) is 30.3 Å². The molecule has 2 aromatic carbocycles. The van der Waals surface area contributed by atoms with Crippen molar-refractivity contribution in [3.8, 4) is 28.4 Å². The number of hydrogen-bond donors (Lipinski definition) is 1. The molecule has 2 aromatic rings. The normalized spacial score (nSPS) is 10.2. The van der Waals surface area contributed by atoms with Gasteiger partial charge in [0.1, 0.15) is 0 Å². The highest BCUT2D eigenvalue weighted by Crippen LogP contribution is 2.42. The average molecular weight is 323 g/mol. The third-order valence-corrected chi connectivity index (χ3v) is 3.52. The molecule has 0 aliphatic carbocycles. The zero-order valence-electron chi connectivity index (χ0n) is 12.3. The molecule has 0 aliphatic rings. The molecule has 0 saturated carbocycles. The zero-order chi connectivity index (χ0) is 16.3. The molecule has 0 spiro atoms. The Morgan fingerprint density at radius 3 is 2.05 bits per heavy atom. The van der Waals surface area contributed by atoms with Crippen LogP contribution in [0.25, 0.3) is 11.1 Å². The predicted octanol–water partition coefficient (Wildman–Crippen LogP) is 3.73. The molecule has 2 rings (SSSR count). The number of hydrogen-bond acceptors (Lipinski definition) is 4. The molecule has 0 fully saturated rings. The lowest BCUT2D eigenvalue weighted by atomic mass is 10.0. The number of carboxylic acid groups (broad SMARTS) is 1. The van der Waals surface area contributed by atoms with Crippen LogP contribution in [0.3, 0.4) is 0 Å². The Morgan fingerprint density at radius 2 is 1.59 bits per heavy atom. The molecular weight excluding hydrogens is 308 g/mol. The highest BCUT2D eigenvalue weighted by Gasteiger charge is 2.16. The predicted molar refractivity (Wildman–Crippen MR) is 83.5 cm³/mol. The maximum absolute atomic E-state index is 11.1. The summed E-state index contributed by atoms with van der Waals surface area (Å²) in [6.07, 6.45) is 0. The number of rotatable bonds is 5. The van der Waals surface area contributed by atoms with E-state index in [0.717, 1.165) is 0 Å². The Labute approximate surface area is 133 Å². The molecule has 0 amide bonds. The molecule has 116 valence electrons. The van der Waals surface area contributed by atoms with Crippen LogP contribution < -0.4 is 14.2 Å². The third-order valence-electron chi connectivity index (χ3n) is 3.19. The minimum Gasteiger partial charge on any atom is -0.493 e. The largest absolute Gasteiger partial charge is 0.493 e. The monoisotopic (exact) mass is 322 g/mol. The summed E-state index contributed by atoms with van der Waals surface area (Å²) in [5, 5.41) is 9.55. The molecule has 0 heterocycles. The summed E-state index contributed by atoms with van der Waals surface area (Å²) < 4.78 is 15.9. The van der Waals surface area contributed by atoms with Gasteiger partial charge < -0.3 is 19.3 Å². The minimum absolute atomic E-state index is 0.146. The summed E-state index contributed by atoms with van der Waals surface area (Å²) in [6.45, 7) is 0. The van der Waals surface area contributed by atoms with Gasteiger partial charge in [0.15, 0.2) is 11.5 Å². The van der Waals surface area contributed by atoms with E-state index in [9.17, 15) is 4.79 Å². The van der Waals surface area contributed by atoms with Crippen LogP contribution in [0.4, 0.5) is 0 Å². The lowest BCUT2D eigenvalue weighted by Crippen LogP contribution is -1.98. The van der Waals surface area contributed by atoms with Crippen LogP contribution >= 0.6 is 11.6 Å². The van der Waals surface area contributed by atoms with Gasteiger partial charge in [-0.2, -0.15) is 0 Å². The van der Waals surface area contributed by atoms with Crippen LogP contribution in [0.1, 0.15) is 10.4 Å². The fourth-order valence-electron chi connectivity index (χ4n) is 2.12. The summed E-state index contributed by atoms with van der Waals surface area (Å²) in [6, 6.07) is 7.93. The molecule has 5 nitrogen and oxygen atoms in total. The van der Waals surface area contributed by atoms with E-state index in [-0.39, 0.29) is 5.56 Å². The molecule has 0 radical (unpaired) electrons. The van der Waals surface area contributed by atoms with Crippen molar-refractivity contribution in [1.82, 2.24) is 0 Å². The Bertz CT molecular complexity index is 687. The highest BCUT2D eigenvalue weighted by molar-refractivity contribution is 6.33. The van der Waals surface area contributed by atoms with Crippen molar-refractivity contribution in [3.05, 3.63) is 40.9 Å². The number of benzene rings is 2. The van der Waals surface area contributed by atoms with Gasteiger partial charge in [0, 0.05) is 10.6 Å². The number of carbonyl (C=O) groups is 1. The van der Waals surface area contributed by atoms with E-state index in [0.29, 0.717) is 33.4 Å². The van der Waals surface area contributed by atoms with Crippen LogP contribution in [-0.4, -0.2) is 32.4 Å². The average Bonchev–Trinajstić information content (AvgIpc) is 2.53. The van der Waals surface area contributed by atoms with E-state index in [2.05, 4.69) is 0 Å². The van der Waals surface area contributed by atoms with E-state index >= 15 is 0 Å². The Hall–Kier alpha value is -2.40. The van der Waals surface area contributed by atoms with Crippen molar-refractivity contribution in [1.29, 1.82) is 0 Å². The van der Waals surface area contributed by atoms with Gasteiger partial charge in [-0.25, -0.2) is 4.79 Å². The van der Waals surface area contributed by atoms with E-state index in [4.69, 9.17) is 30.9 Å². The van der Waals surface area contributed by atoms with Crippen molar-refractivity contribution in [3.63, 3.8) is 0 Å². The van der Waals surface area contributed by atoms with Crippen molar-refractivity contribution in [2.45, 2.75) is 0 Å². The number of methoxy groups -OCH3 is 3. The Kier molecular flexibility index (Phi) is 4.78. The van der Waals surface area contributed by atoms with Crippen molar-refractivity contribution < 1.29 is 24.1 Å². The summed E-state index contributed by atoms with van der Waals surface area (Å²) in [5.41, 5.74) is 1.39. The molecule has 0 saturated heterocycles. The maximum atomic E-state index is 11.1. The molecule has 0 atom stereocenters. The Morgan fingerprint density at radius 1 is 1.00 bits per heavy atom. The van der Waals surface area contributed by atoms with Crippen molar-refractivity contribution >= 4 is 17.6 Å². The van der Waals surface area contributed by atoms with Crippen LogP contribution in [-0.2, 0) is 0 Å². The maximum Gasteiger partial charge on any atom is 0.335 e. The number of ether oxygens (including phenoxy) is 3. The molecule has 6 heteroatoms. The van der Waals surface area contributed by atoms with Gasteiger partial charge >= 0.3 is 5.97 Å². The number of aromatic carboxylic acids is 1. The first-order chi connectivity index (χ1) is 10.5. The van der Waals surface area contributed by atoms with Crippen LogP contribution in [0.2, 0.25) is 5.02 Å². The lowest BCUT2D eigenvalue weighted by Gasteiger charge is -2.15. The molecule has 22 heavy (non-hydrogen) atoms. The topological polar surface area (TPSA) is 65.0 Å². The molecule has 0 unspecified atom stereocenters. The van der Waals surface area contributed by atoms with Gasteiger partial charge in [0.2, 0.25) is 5.75 Å². The van der Waals surface area contributed by atoms with Gasteiger partial charge in [-0.15, -0.1) is 0 Å². The van der Waals surface area contributed by atoms with Gasteiger partial charge in [-0.3, -0.25) is 0 Å². The second-order valence-electron chi connectivity index (χ2n) is 4.41. The lowest BCUT2D eigenvalue weighted by molar-refractivity contribution is 0.0697. The second kappa shape index (κ2) is 6.58. The summed E-state index contributed by atoms with van der Waals surface area (Å²) in [7, 11) is 4.53. The van der Waals surface area contributed by atoms with Crippen LogP contribution in [0.5, 0.6) is 17.2 Å². The van der Waals surface area contributed by atoms with E-state index in [1.54, 1.807) is 18.2 Å². The summed E-state index contributed by atoms with van der Waals surface area (Å²) >= 11 is 6.19. The molecular formula is C16H15ClO5. The van der Waals surface area contributed by atoms with Crippen molar-refractivity contribution in [2.24, 2.45) is 0 Å². The first-order valence-corrected chi connectivity index (χ1v) is 6.72. The van der Waals surface area contributed by atoms with Gasteiger partial charge in [0.05, 0.1) is 26.9 Å². The Balaban J connectivity index is 2.67. The number of halogens is 1. The molecule has 1 N–H and O–H groups in total. The minimum atomic E-state index is -1.02. The first kappa shape index (κ1) is 16.0. The van der Waals surface area contributed by atoms with E-state index in [1.807, 2.05) is 0 Å². The SMILES string of the molecule is COc1cc(-c2cc(C(=O)O)ccc2Cl)cc(OC)c1OC. The quantitative estimate of drug-likeness (QED) is 0.908. The fraction of sp³-hybridized carbons (Fsp3) is 0.188. The van der Waals surface area contributed by atoms with Gasteiger partial charge in [0.25, 0.3) is 0 Å². The zero-order valence-corrected chi connectivity index (χ0v) is 13.1. The fourth-order valence-corrected chi connectivity index (χ4v) is 2.34. The van der Waals surface area contributed by atoms with Gasteiger partial charge in [-0.1, -0.05) is 11.6 Å². The summed E-state index contributed by atoms with van der Waals surface area (Å²) in [4.78, 5) is 11.1. The van der Waals surface area contributed by atoms with E-state index in [1.165, 1.54) is 33.5 Å². The highest BCUT2D eigenvalue weighted by atomic mass is 35.5. The standard InChI is InChI=1S/C16H15ClO5/c1-20-13-7-10(8-14(21-2)15(13)22-3)11-6-9(16(18)19)4-5-12(11)17/h4-8H,1-3H3,(H,18,19). The molecule has 0 aliphatic heterocycles.